The summed E-state index contributed by atoms with van der Waals surface area (Å²) in [4.78, 5) is 24.4. The minimum Gasteiger partial charge on any atom is -0.478 e. The van der Waals surface area contributed by atoms with E-state index < -0.39 is 5.97 Å². The summed E-state index contributed by atoms with van der Waals surface area (Å²) >= 11 is 0. The van der Waals surface area contributed by atoms with Crippen molar-refractivity contribution in [2.45, 2.75) is 6.92 Å². The molecule has 5 heteroatoms. The highest BCUT2D eigenvalue weighted by Gasteiger charge is 2.12. The predicted molar refractivity (Wildman–Crippen MR) is 82.0 cm³/mol. The lowest BCUT2D eigenvalue weighted by Gasteiger charge is -2.18. The van der Waals surface area contributed by atoms with Gasteiger partial charge in [0.15, 0.2) is 0 Å². The summed E-state index contributed by atoms with van der Waals surface area (Å²) in [6.45, 7) is 1.95. The third-order valence-corrected chi connectivity index (χ3v) is 3.08. The Balaban J connectivity index is 2.10. The van der Waals surface area contributed by atoms with E-state index >= 15 is 0 Å². The summed E-state index contributed by atoms with van der Waals surface area (Å²) < 4.78 is 0. The molecule has 0 fully saturated rings. The van der Waals surface area contributed by atoms with Gasteiger partial charge in [-0.05, 0) is 48.9 Å². The standard InChI is InChI=1S/C16H16N2O3/c1-11-4-3-5-13(10-11)17-16(21)18(2)14-8-6-12(7-9-14)15(19)20/h3-10H,1-2H3,(H,17,21)(H,19,20). The molecule has 0 unspecified atom stereocenters. The van der Waals surface area contributed by atoms with Crippen molar-refractivity contribution in [1.82, 2.24) is 0 Å². The number of anilines is 2. The number of rotatable bonds is 3. The van der Waals surface area contributed by atoms with Gasteiger partial charge in [-0.1, -0.05) is 12.1 Å². The zero-order chi connectivity index (χ0) is 15.4. The second kappa shape index (κ2) is 6.09. The molecule has 0 aliphatic heterocycles. The molecule has 0 aliphatic carbocycles. The summed E-state index contributed by atoms with van der Waals surface area (Å²) in [5.74, 6) is -0.992. The van der Waals surface area contributed by atoms with Gasteiger partial charge >= 0.3 is 12.0 Å². The fourth-order valence-corrected chi connectivity index (χ4v) is 1.88. The van der Waals surface area contributed by atoms with Gasteiger partial charge in [0.25, 0.3) is 0 Å². The lowest BCUT2D eigenvalue weighted by Crippen LogP contribution is -2.31. The fraction of sp³-hybridized carbons (Fsp3) is 0.125. The van der Waals surface area contributed by atoms with Crippen molar-refractivity contribution in [3.63, 3.8) is 0 Å². The van der Waals surface area contributed by atoms with Gasteiger partial charge < -0.3 is 10.4 Å². The molecule has 2 N–H and O–H groups in total. The highest BCUT2D eigenvalue weighted by atomic mass is 16.4. The number of carbonyl (C=O) groups excluding carboxylic acids is 1. The molecule has 2 amide bonds. The minimum atomic E-state index is -0.992. The van der Waals surface area contributed by atoms with Gasteiger partial charge in [0, 0.05) is 18.4 Å². The maximum absolute atomic E-state index is 12.1. The van der Waals surface area contributed by atoms with Gasteiger partial charge in [0.2, 0.25) is 0 Å². The number of urea groups is 1. The van der Waals surface area contributed by atoms with E-state index in [1.807, 2.05) is 31.2 Å². The van der Waals surface area contributed by atoms with Gasteiger partial charge in [-0.15, -0.1) is 0 Å². The first-order valence-electron chi connectivity index (χ1n) is 6.42. The second-order valence-electron chi connectivity index (χ2n) is 4.71. The molecule has 0 aromatic heterocycles. The molecule has 2 aromatic carbocycles. The normalized spacial score (nSPS) is 10.0. The smallest absolute Gasteiger partial charge is 0.335 e. The molecule has 0 saturated carbocycles. The number of carbonyl (C=O) groups is 2. The maximum atomic E-state index is 12.1. The van der Waals surface area contributed by atoms with Crippen LogP contribution in [0.1, 0.15) is 15.9 Å². The number of aryl methyl sites for hydroxylation is 1. The molecule has 0 spiro atoms. The highest BCUT2D eigenvalue weighted by Crippen LogP contribution is 2.16. The molecular weight excluding hydrogens is 268 g/mol. The summed E-state index contributed by atoms with van der Waals surface area (Å²) in [7, 11) is 1.63. The lowest BCUT2D eigenvalue weighted by molar-refractivity contribution is 0.0697. The van der Waals surface area contributed by atoms with Crippen LogP contribution in [0.25, 0.3) is 0 Å². The highest BCUT2D eigenvalue weighted by molar-refractivity contribution is 6.01. The van der Waals surface area contributed by atoms with Crippen molar-refractivity contribution < 1.29 is 14.7 Å². The van der Waals surface area contributed by atoms with Crippen molar-refractivity contribution in [3.05, 3.63) is 59.7 Å². The predicted octanol–water partition coefficient (Wildman–Crippen LogP) is 3.36. The molecule has 2 aromatic rings. The average Bonchev–Trinajstić information content (AvgIpc) is 2.46. The lowest BCUT2D eigenvalue weighted by atomic mass is 10.2. The van der Waals surface area contributed by atoms with E-state index in [0.29, 0.717) is 11.4 Å². The van der Waals surface area contributed by atoms with E-state index in [2.05, 4.69) is 5.32 Å². The Morgan fingerprint density at radius 2 is 1.76 bits per heavy atom. The molecule has 0 bridgehead atoms. The zero-order valence-electron chi connectivity index (χ0n) is 11.8. The Morgan fingerprint density at radius 3 is 2.33 bits per heavy atom. The molecule has 0 saturated heterocycles. The van der Waals surface area contributed by atoms with E-state index in [1.165, 1.54) is 17.0 Å². The number of benzene rings is 2. The molecule has 5 nitrogen and oxygen atoms in total. The maximum Gasteiger partial charge on any atom is 0.335 e. The van der Waals surface area contributed by atoms with Crippen LogP contribution >= 0.6 is 0 Å². The number of nitrogens with one attached hydrogen (secondary N) is 1. The van der Waals surface area contributed by atoms with Crippen LogP contribution < -0.4 is 10.2 Å². The van der Waals surface area contributed by atoms with Crippen molar-refractivity contribution in [2.75, 3.05) is 17.3 Å². The van der Waals surface area contributed by atoms with Crippen molar-refractivity contribution in [3.8, 4) is 0 Å². The van der Waals surface area contributed by atoms with E-state index in [4.69, 9.17) is 5.11 Å². The summed E-state index contributed by atoms with van der Waals surface area (Å²) in [5, 5.41) is 11.6. The number of hydrogen-bond acceptors (Lipinski definition) is 2. The number of nitrogens with zero attached hydrogens (tertiary/aromatic N) is 1. The van der Waals surface area contributed by atoms with Crippen LogP contribution in [0.15, 0.2) is 48.5 Å². The van der Waals surface area contributed by atoms with Gasteiger partial charge in [-0.25, -0.2) is 9.59 Å². The molecule has 0 heterocycles. The van der Waals surface area contributed by atoms with Crippen LogP contribution in [0.3, 0.4) is 0 Å². The Bertz CT molecular complexity index is 665. The third kappa shape index (κ3) is 3.60. The Morgan fingerprint density at radius 1 is 1.10 bits per heavy atom. The Hall–Kier alpha value is -2.82. The van der Waals surface area contributed by atoms with Crippen LogP contribution in [0.2, 0.25) is 0 Å². The third-order valence-electron chi connectivity index (χ3n) is 3.08. The first-order chi connectivity index (χ1) is 9.97. The van der Waals surface area contributed by atoms with Gasteiger partial charge in [0.05, 0.1) is 5.56 Å². The molecule has 21 heavy (non-hydrogen) atoms. The zero-order valence-corrected chi connectivity index (χ0v) is 11.8. The average molecular weight is 284 g/mol. The van der Waals surface area contributed by atoms with Crippen molar-refractivity contribution >= 4 is 23.4 Å². The van der Waals surface area contributed by atoms with Crippen LogP contribution in [0, 0.1) is 6.92 Å². The molecule has 0 radical (unpaired) electrons. The first-order valence-corrected chi connectivity index (χ1v) is 6.42. The van der Waals surface area contributed by atoms with Crippen molar-refractivity contribution in [1.29, 1.82) is 0 Å². The molecular formula is C16H16N2O3. The van der Waals surface area contributed by atoms with E-state index in [-0.39, 0.29) is 11.6 Å². The van der Waals surface area contributed by atoms with Crippen LogP contribution in [0.5, 0.6) is 0 Å². The topological polar surface area (TPSA) is 69.6 Å². The summed E-state index contributed by atoms with van der Waals surface area (Å²) in [6, 6.07) is 13.3. The number of hydrogen-bond donors (Lipinski definition) is 2. The van der Waals surface area contributed by atoms with E-state index in [1.54, 1.807) is 19.2 Å². The molecule has 108 valence electrons. The number of carboxylic acids is 1. The monoisotopic (exact) mass is 284 g/mol. The number of carboxylic acid groups (broad SMARTS) is 1. The summed E-state index contributed by atoms with van der Waals surface area (Å²) in [6.07, 6.45) is 0. The molecule has 0 atom stereocenters. The van der Waals surface area contributed by atoms with E-state index in [0.717, 1.165) is 5.56 Å². The van der Waals surface area contributed by atoms with Crippen LogP contribution in [-0.4, -0.2) is 24.2 Å². The largest absolute Gasteiger partial charge is 0.478 e. The summed E-state index contributed by atoms with van der Waals surface area (Å²) in [5.41, 5.74) is 2.58. The number of amides is 2. The second-order valence-corrected chi connectivity index (χ2v) is 4.71. The molecule has 2 rings (SSSR count). The van der Waals surface area contributed by atoms with Gasteiger partial charge in [-0.2, -0.15) is 0 Å². The Labute approximate surface area is 122 Å². The van der Waals surface area contributed by atoms with Crippen molar-refractivity contribution in [2.24, 2.45) is 0 Å². The first kappa shape index (κ1) is 14.6. The van der Waals surface area contributed by atoms with Crippen LogP contribution in [-0.2, 0) is 0 Å². The Kier molecular flexibility index (Phi) is 4.23. The molecule has 0 aliphatic rings. The SMILES string of the molecule is Cc1cccc(NC(=O)N(C)c2ccc(C(=O)O)cc2)c1. The fourth-order valence-electron chi connectivity index (χ4n) is 1.88. The minimum absolute atomic E-state index is 0.186. The van der Waals surface area contributed by atoms with Crippen LogP contribution in [0.4, 0.5) is 16.2 Å². The van der Waals surface area contributed by atoms with Gasteiger partial charge in [-0.3, -0.25) is 4.90 Å². The quantitative estimate of drug-likeness (QED) is 0.908. The van der Waals surface area contributed by atoms with E-state index in [9.17, 15) is 9.59 Å². The van der Waals surface area contributed by atoms with Gasteiger partial charge in [0.1, 0.15) is 0 Å². The number of aromatic carboxylic acids is 1.